The first-order chi connectivity index (χ1) is 13.2. The Bertz CT molecular complexity index is 784. The highest BCUT2D eigenvalue weighted by Crippen LogP contribution is 2.18. The summed E-state index contributed by atoms with van der Waals surface area (Å²) in [5.74, 6) is 0.618. The van der Waals surface area contributed by atoms with E-state index in [1.807, 2.05) is 30.0 Å². The van der Waals surface area contributed by atoms with Crippen LogP contribution in [0.1, 0.15) is 16.2 Å². The Morgan fingerprint density at radius 2 is 1.63 bits per heavy atom. The molecule has 3 heterocycles. The number of anilines is 2. The number of aryl methyl sites for hydroxylation is 1. The zero-order valence-corrected chi connectivity index (χ0v) is 15.7. The van der Waals surface area contributed by atoms with Crippen molar-refractivity contribution in [3.05, 3.63) is 47.8 Å². The van der Waals surface area contributed by atoms with Gasteiger partial charge in [-0.1, -0.05) is 18.2 Å². The monoisotopic (exact) mass is 367 g/mol. The van der Waals surface area contributed by atoms with Gasteiger partial charge in [-0.3, -0.25) is 4.79 Å². The standard InChI is InChI=1S/C20H25N5O2/c1-16-15-18(22-20(21-16)25-11-13-27-14-12-25)19(26)24-9-7-23(8-10-24)17-5-3-2-4-6-17/h2-6,15H,7-14H2,1H3. The molecule has 0 N–H and O–H groups in total. The summed E-state index contributed by atoms with van der Waals surface area (Å²) in [6.07, 6.45) is 0. The largest absolute Gasteiger partial charge is 0.378 e. The highest BCUT2D eigenvalue weighted by Gasteiger charge is 2.25. The minimum atomic E-state index is -0.0114. The lowest BCUT2D eigenvalue weighted by molar-refractivity contribution is 0.0740. The van der Waals surface area contributed by atoms with E-state index in [-0.39, 0.29) is 5.91 Å². The van der Waals surface area contributed by atoms with Gasteiger partial charge in [-0.2, -0.15) is 0 Å². The molecule has 0 spiro atoms. The number of hydrogen-bond acceptors (Lipinski definition) is 6. The number of aromatic nitrogens is 2. The molecule has 2 saturated heterocycles. The van der Waals surface area contributed by atoms with Gasteiger partial charge in [0.15, 0.2) is 0 Å². The summed E-state index contributed by atoms with van der Waals surface area (Å²) in [4.78, 5) is 28.4. The summed E-state index contributed by atoms with van der Waals surface area (Å²) >= 11 is 0. The van der Waals surface area contributed by atoms with Gasteiger partial charge < -0.3 is 19.4 Å². The highest BCUT2D eigenvalue weighted by molar-refractivity contribution is 5.93. The zero-order valence-electron chi connectivity index (χ0n) is 15.7. The van der Waals surface area contributed by atoms with Gasteiger partial charge in [-0.05, 0) is 25.1 Å². The van der Waals surface area contributed by atoms with E-state index < -0.39 is 0 Å². The quantitative estimate of drug-likeness (QED) is 0.821. The predicted octanol–water partition coefficient (Wildman–Crippen LogP) is 1.58. The van der Waals surface area contributed by atoms with Crippen LogP contribution in [0.3, 0.4) is 0 Å². The number of piperazine rings is 1. The van der Waals surface area contributed by atoms with Crippen molar-refractivity contribution in [2.45, 2.75) is 6.92 Å². The molecule has 2 aliphatic heterocycles. The molecule has 0 aliphatic carbocycles. The molecule has 1 amide bonds. The van der Waals surface area contributed by atoms with E-state index in [9.17, 15) is 4.79 Å². The fourth-order valence-corrected chi connectivity index (χ4v) is 3.54. The number of amides is 1. The lowest BCUT2D eigenvalue weighted by Gasteiger charge is -2.36. The van der Waals surface area contributed by atoms with Gasteiger partial charge >= 0.3 is 0 Å². The highest BCUT2D eigenvalue weighted by atomic mass is 16.5. The zero-order chi connectivity index (χ0) is 18.6. The number of ether oxygens (including phenoxy) is 1. The molecular weight excluding hydrogens is 342 g/mol. The van der Waals surface area contributed by atoms with Gasteiger partial charge in [-0.25, -0.2) is 9.97 Å². The molecule has 2 fully saturated rings. The molecule has 1 aromatic carbocycles. The van der Waals surface area contributed by atoms with Gasteiger partial charge in [-0.15, -0.1) is 0 Å². The van der Waals surface area contributed by atoms with Gasteiger partial charge in [0.05, 0.1) is 13.2 Å². The van der Waals surface area contributed by atoms with E-state index >= 15 is 0 Å². The molecule has 0 saturated carbocycles. The van der Waals surface area contributed by atoms with Gasteiger partial charge in [0.1, 0.15) is 5.69 Å². The molecule has 1 aromatic heterocycles. The van der Waals surface area contributed by atoms with E-state index in [1.165, 1.54) is 5.69 Å². The number of hydrogen-bond donors (Lipinski definition) is 0. The van der Waals surface area contributed by atoms with Crippen molar-refractivity contribution in [3.8, 4) is 0 Å². The summed E-state index contributed by atoms with van der Waals surface area (Å²) in [6, 6.07) is 12.1. The van der Waals surface area contributed by atoms with Crippen LogP contribution in [0.5, 0.6) is 0 Å². The van der Waals surface area contributed by atoms with Crippen LogP contribution in [0, 0.1) is 6.92 Å². The molecule has 2 aromatic rings. The van der Waals surface area contributed by atoms with E-state index in [0.717, 1.165) is 31.9 Å². The number of benzene rings is 1. The van der Waals surface area contributed by atoms with E-state index in [4.69, 9.17) is 4.74 Å². The first-order valence-corrected chi connectivity index (χ1v) is 9.48. The maximum atomic E-state index is 13.0. The van der Waals surface area contributed by atoms with Crippen LogP contribution >= 0.6 is 0 Å². The molecule has 2 aliphatic rings. The second-order valence-corrected chi connectivity index (χ2v) is 6.91. The molecule has 4 rings (SSSR count). The molecule has 0 radical (unpaired) electrons. The molecule has 0 unspecified atom stereocenters. The first-order valence-electron chi connectivity index (χ1n) is 9.48. The van der Waals surface area contributed by atoms with Crippen molar-refractivity contribution in [2.75, 3.05) is 62.3 Å². The molecule has 7 nitrogen and oxygen atoms in total. The van der Waals surface area contributed by atoms with Crippen LogP contribution in [0.15, 0.2) is 36.4 Å². The van der Waals surface area contributed by atoms with Crippen molar-refractivity contribution in [1.29, 1.82) is 0 Å². The predicted molar refractivity (Wildman–Crippen MR) is 104 cm³/mol. The Kier molecular flexibility index (Phi) is 5.20. The fraction of sp³-hybridized carbons (Fsp3) is 0.450. The van der Waals surface area contributed by atoms with Gasteiger partial charge in [0.25, 0.3) is 5.91 Å². The van der Waals surface area contributed by atoms with Crippen molar-refractivity contribution in [3.63, 3.8) is 0 Å². The third-order valence-electron chi connectivity index (χ3n) is 5.04. The Balaban J connectivity index is 1.44. The molecule has 142 valence electrons. The van der Waals surface area contributed by atoms with Crippen molar-refractivity contribution in [1.82, 2.24) is 14.9 Å². The molecule has 0 atom stereocenters. The summed E-state index contributed by atoms with van der Waals surface area (Å²) < 4.78 is 5.39. The van der Waals surface area contributed by atoms with Crippen molar-refractivity contribution in [2.24, 2.45) is 0 Å². The van der Waals surface area contributed by atoms with Crippen molar-refractivity contribution >= 4 is 17.5 Å². The number of rotatable bonds is 3. The van der Waals surface area contributed by atoms with Crippen LogP contribution in [0.2, 0.25) is 0 Å². The summed E-state index contributed by atoms with van der Waals surface area (Å²) in [6.45, 7) is 7.82. The number of nitrogens with zero attached hydrogens (tertiary/aromatic N) is 5. The minimum absolute atomic E-state index is 0.0114. The smallest absolute Gasteiger partial charge is 0.272 e. The second kappa shape index (κ2) is 7.92. The second-order valence-electron chi connectivity index (χ2n) is 6.91. The van der Waals surface area contributed by atoms with Crippen LogP contribution in [-0.2, 0) is 4.74 Å². The number of carbonyl (C=O) groups is 1. The fourth-order valence-electron chi connectivity index (χ4n) is 3.54. The van der Waals surface area contributed by atoms with Gasteiger partial charge in [0.2, 0.25) is 5.95 Å². The lowest BCUT2D eigenvalue weighted by atomic mass is 10.2. The van der Waals surface area contributed by atoms with Crippen molar-refractivity contribution < 1.29 is 9.53 Å². The summed E-state index contributed by atoms with van der Waals surface area (Å²) in [5.41, 5.74) is 2.51. The maximum Gasteiger partial charge on any atom is 0.272 e. The molecular formula is C20H25N5O2. The molecule has 7 heteroatoms. The van der Waals surface area contributed by atoms with E-state index in [2.05, 4.69) is 31.9 Å². The average molecular weight is 367 g/mol. The normalized spacial score (nSPS) is 17.9. The molecule has 0 bridgehead atoms. The summed E-state index contributed by atoms with van der Waals surface area (Å²) in [7, 11) is 0. The third kappa shape index (κ3) is 4.03. The van der Waals surface area contributed by atoms with Crippen LogP contribution in [0.25, 0.3) is 0 Å². The lowest BCUT2D eigenvalue weighted by Crippen LogP contribution is -2.49. The molecule has 27 heavy (non-hydrogen) atoms. The van der Waals surface area contributed by atoms with E-state index in [0.29, 0.717) is 37.9 Å². The third-order valence-corrected chi connectivity index (χ3v) is 5.04. The number of carbonyl (C=O) groups excluding carboxylic acids is 1. The summed E-state index contributed by atoms with van der Waals surface area (Å²) in [5, 5.41) is 0. The van der Waals surface area contributed by atoms with Crippen LogP contribution in [0.4, 0.5) is 11.6 Å². The first kappa shape index (κ1) is 17.7. The minimum Gasteiger partial charge on any atom is -0.378 e. The number of morpholine rings is 1. The van der Waals surface area contributed by atoms with Gasteiger partial charge in [0, 0.05) is 50.6 Å². The maximum absolute atomic E-state index is 13.0. The Labute approximate surface area is 159 Å². The SMILES string of the molecule is Cc1cc(C(=O)N2CCN(c3ccccc3)CC2)nc(N2CCOCC2)n1. The topological polar surface area (TPSA) is 61.8 Å². The van der Waals surface area contributed by atoms with Crippen LogP contribution < -0.4 is 9.80 Å². The Morgan fingerprint density at radius 1 is 0.926 bits per heavy atom. The average Bonchev–Trinajstić information content (AvgIpc) is 2.74. The number of para-hydroxylation sites is 1. The van der Waals surface area contributed by atoms with E-state index in [1.54, 1.807) is 6.07 Å². The Hall–Kier alpha value is -2.67. The Morgan fingerprint density at radius 3 is 2.33 bits per heavy atom. The van der Waals surface area contributed by atoms with Crippen LogP contribution in [-0.4, -0.2) is 73.3 Å².